The molecule has 0 heterocycles. The highest BCUT2D eigenvalue weighted by Crippen LogP contribution is 2.40. The van der Waals surface area contributed by atoms with Crippen LogP contribution < -0.4 is 10.0 Å². The molecule has 2 unspecified atom stereocenters. The molecule has 1 rings (SSSR count). The third kappa shape index (κ3) is 5.54. The van der Waals surface area contributed by atoms with Gasteiger partial charge in [0.25, 0.3) is 0 Å². The van der Waals surface area contributed by atoms with Crippen molar-refractivity contribution in [3.05, 3.63) is 29.3 Å². The van der Waals surface area contributed by atoms with Gasteiger partial charge in [-0.05, 0) is 65.3 Å². The molecule has 148 valence electrons. The molecule has 0 aromatic heterocycles. The van der Waals surface area contributed by atoms with Crippen molar-refractivity contribution < 1.29 is 28.3 Å². The first kappa shape index (κ1) is 22.6. The van der Waals surface area contributed by atoms with Crippen molar-refractivity contribution in [3.63, 3.8) is 0 Å². The first-order chi connectivity index (χ1) is 11.6. The predicted molar refractivity (Wildman–Crippen MR) is 97.7 cm³/mol. The quantitative estimate of drug-likeness (QED) is 0.552. The number of nitrogens with one attached hydrogen (secondary N) is 2. The number of anilines is 1. The SMILES string of the molecule is CC(N[S+]([O-])C(C)(C)C)c1cc(NC(=O)O)cc(C(F)(F)C(C)(C)O)c1. The third-order valence-corrected chi connectivity index (χ3v) is 5.36. The Bertz CT molecular complexity index is 657. The van der Waals surface area contributed by atoms with E-state index < -0.39 is 45.3 Å². The normalized spacial score (nSPS) is 15.5. The second kappa shape index (κ2) is 7.67. The highest BCUT2D eigenvalue weighted by atomic mass is 32.2. The van der Waals surface area contributed by atoms with E-state index in [4.69, 9.17) is 5.11 Å². The Balaban J connectivity index is 3.35. The van der Waals surface area contributed by atoms with E-state index >= 15 is 0 Å². The maximum atomic E-state index is 14.6. The van der Waals surface area contributed by atoms with Crippen molar-refractivity contribution in [3.8, 4) is 0 Å². The molecule has 0 saturated carbocycles. The highest BCUT2D eigenvalue weighted by Gasteiger charge is 2.47. The molecule has 0 aliphatic rings. The number of rotatable bonds is 6. The van der Waals surface area contributed by atoms with Crippen molar-refractivity contribution in [2.24, 2.45) is 0 Å². The molecule has 0 bridgehead atoms. The smallest absolute Gasteiger partial charge is 0.409 e. The Labute approximate surface area is 155 Å². The van der Waals surface area contributed by atoms with E-state index in [9.17, 15) is 23.2 Å². The lowest BCUT2D eigenvalue weighted by Crippen LogP contribution is -2.41. The summed E-state index contributed by atoms with van der Waals surface area (Å²) in [7, 11) is 0. The van der Waals surface area contributed by atoms with Crippen LogP contribution in [0.2, 0.25) is 0 Å². The van der Waals surface area contributed by atoms with Gasteiger partial charge in [-0.15, -0.1) is 4.72 Å². The predicted octanol–water partition coefficient (Wildman–Crippen LogP) is 3.75. The van der Waals surface area contributed by atoms with Gasteiger partial charge in [-0.2, -0.15) is 8.78 Å². The molecule has 0 aliphatic carbocycles. The Morgan fingerprint density at radius 1 is 1.19 bits per heavy atom. The van der Waals surface area contributed by atoms with Crippen LogP contribution in [0.5, 0.6) is 0 Å². The van der Waals surface area contributed by atoms with Crippen molar-refractivity contribution in [1.29, 1.82) is 0 Å². The summed E-state index contributed by atoms with van der Waals surface area (Å²) in [5, 5.41) is 20.7. The molecule has 1 amide bonds. The minimum absolute atomic E-state index is 0.0656. The molecular formula is C17H26F2N2O4S. The van der Waals surface area contributed by atoms with Crippen LogP contribution in [0, 0.1) is 0 Å². The average Bonchev–Trinajstić information content (AvgIpc) is 2.43. The second-order valence-electron chi connectivity index (χ2n) is 7.63. The van der Waals surface area contributed by atoms with E-state index in [1.54, 1.807) is 27.7 Å². The lowest BCUT2D eigenvalue weighted by atomic mass is 9.91. The van der Waals surface area contributed by atoms with E-state index in [0.29, 0.717) is 5.56 Å². The molecule has 0 aliphatic heterocycles. The second-order valence-corrected chi connectivity index (χ2v) is 9.63. The Kier molecular flexibility index (Phi) is 6.68. The van der Waals surface area contributed by atoms with Crippen LogP contribution in [0.1, 0.15) is 58.7 Å². The number of alkyl halides is 2. The zero-order chi connectivity index (χ0) is 20.5. The summed E-state index contributed by atoms with van der Waals surface area (Å²) >= 11 is -1.45. The van der Waals surface area contributed by atoms with Gasteiger partial charge in [-0.1, -0.05) is 0 Å². The number of aliphatic hydroxyl groups is 1. The average molecular weight is 392 g/mol. The number of carbonyl (C=O) groups is 1. The molecule has 26 heavy (non-hydrogen) atoms. The summed E-state index contributed by atoms with van der Waals surface area (Å²) in [6.07, 6.45) is -1.40. The molecule has 9 heteroatoms. The van der Waals surface area contributed by atoms with E-state index in [1.165, 1.54) is 12.1 Å². The number of carboxylic acid groups (broad SMARTS) is 1. The fourth-order valence-electron chi connectivity index (χ4n) is 2.04. The summed E-state index contributed by atoms with van der Waals surface area (Å²) in [6, 6.07) is 2.93. The first-order valence-corrected chi connectivity index (χ1v) is 9.14. The summed E-state index contributed by atoms with van der Waals surface area (Å²) in [5.74, 6) is -3.62. The minimum atomic E-state index is -3.62. The van der Waals surface area contributed by atoms with Crippen molar-refractivity contribution in [1.82, 2.24) is 4.72 Å². The molecule has 1 aromatic rings. The molecular weight excluding hydrogens is 366 g/mol. The number of hydrogen-bond donors (Lipinski definition) is 4. The van der Waals surface area contributed by atoms with Gasteiger partial charge >= 0.3 is 12.0 Å². The largest absolute Gasteiger partial charge is 0.598 e. The number of amides is 1. The van der Waals surface area contributed by atoms with E-state index in [2.05, 4.69) is 4.72 Å². The van der Waals surface area contributed by atoms with Gasteiger partial charge in [-0.25, -0.2) is 4.79 Å². The van der Waals surface area contributed by atoms with Crippen LogP contribution in [0.15, 0.2) is 18.2 Å². The minimum Gasteiger partial charge on any atom is -0.598 e. The highest BCUT2D eigenvalue weighted by molar-refractivity contribution is 7.90. The molecule has 0 spiro atoms. The molecule has 1 aromatic carbocycles. The third-order valence-electron chi connectivity index (χ3n) is 3.68. The topological polar surface area (TPSA) is 105 Å². The van der Waals surface area contributed by atoms with Crippen LogP contribution in [0.3, 0.4) is 0 Å². The standard InChI is InChI=1S/C17H26F2N2O4S/c1-10(21-26(25)15(2,3)4)11-7-12(17(18,19)16(5,6)24)9-13(8-11)20-14(22)23/h7-10,20-21,24H,1-6H3,(H,22,23). The fraction of sp³-hybridized carbons (Fsp3) is 0.588. The van der Waals surface area contributed by atoms with Gasteiger partial charge in [0.05, 0.1) is 6.04 Å². The molecule has 0 radical (unpaired) electrons. The molecule has 6 nitrogen and oxygen atoms in total. The number of hydrogen-bond acceptors (Lipinski definition) is 4. The van der Waals surface area contributed by atoms with Crippen LogP contribution in [0.25, 0.3) is 0 Å². The van der Waals surface area contributed by atoms with Crippen LogP contribution >= 0.6 is 0 Å². The van der Waals surface area contributed by atoms with Crippen LogP contribution in [0.4, 0.5) is 19.3 Å². The number of benzene rings is 1. The van der Waals surface area contributed by atoms with Crippen molar-refractivity contribution in [2.75, 3.05) is 5.32 Å². The van der Waals surface area contributed by atoms with Gasteiger partial charge in [0.2, 0.25) is 0 Å². The molecule has 4 N–H and O–H groups in total. The summed E-state index contributed by atoms with van der Waals surface area (Å²) in [5.41, 5.74) is -2.64. The van der Waals surface area contributed by atoms with Crippen LogP contribution in [-0.4, -0.2) is 31.2 Å². The van der Waals surface area contributed by atoms with Crippen LogP contribution in [-0.2, 0) is 17.3 Å². The molecule has 0 saturated heterocycles. The molecule has 2 atom stereocenters. The fourth-order valence-corrected chi connectivity index (χ4v) is 2.85. The Morgan fingerprint density at radius 3 is 2.15 bits per heavy atom. The lowest BCUT2D eigenvalue weighted by molar-refractivity contribution is -0.168. The zero-order valence-electron chi connectivity index (χ0n) is 15.7. The van der Waals surface area contributed by atoms with Crippen molar-refractivity contribution in [2.45, 2.75) is 63.9 Å². The molecule has 0 fully saturated rings. The monoisotopic (exact) mass is 392 g/mol. The van der Waals surface area contributed by atoms with Gasteiger partial charge < -0.3 is 14.8 Å². The van der Waals surface area contributed by atoms with Gasteiger partial charge in [-0.3, -0.25) is 5.32 Å². The van der Waals surface area contributed by atoms with Gasteiger partial charge in [0, 0.05) is 22.6 Å². The van der Waals surface area contributed by atoms with Gasteiger partial charge in [0.1, 0.15) is 10.3 Å². The summed E-state index contributed by atoms with van der Waals surface area (Å²) in [6.45, 7) is 8.87. The van der Waals surface area contributed by atoms with Crippen molar-refractivity contribution >= 4 is 23.1 Å². The first-order valence-electron chi connectivity index (χ1n) is 7.99. The maximum absolute atomic E-state index is 14.6. The Hall–Kier alpha value is -1.42. The van der Waals surface area contributed by atoms with E-state index in [-0.39, 0.29) is 5.69 Å². The zero-order valence-corrected chi connectivity index (χ0v) is 16.5. The van der Waals surface area contributed by atoms with E-state index in [1.807, 2.05) is 5.32 Å². The lowest BCUT2D eigenvalue weighted by Gasteiger charge is -2.31. The number of halogens is 2. The summed E-state index contributed by atoms with van der Waals surface area (Å²) in [4.78, 5) is 10.9. The Morgan fingerprint density at radius 2 is 1.73 bits per heavy atom. The summed E-state index contributed by atoms with van der Waals surface area (Å²) < 4.78 is 43.7. The maximum Gasteiger partial charge on any atom is 0.409 e. The van der Waals surface area contributed by atoms with E-state index in [0.717, 1.165) is 19.9 Å². The van der Waals surface area contributed by atoms with Gasteiger partial charge in [0.15, 0.2) is 0 Å².